The van der Waals surface area contributed by atoms with Crippen LogP contribution in [0, 0.1) is 0 Å². The van der Waals surface area contributed by atoms with Gasteiger partial charge in [-0.15, -0.1) is 0 Å². The zero-order valence-electron chi connectivity index (χ0n) is 4.02. The minimum Gasteiger partial charge on any atom is -0.326 e. The number of nitrogens with one attached hydrogen (secondary N) is 1. The molecule has 1 unspecified atom stereocenters. The van der Waals surface area contributed by atoms with Crippen LogP contribution < -0.4 is 11.1 Å². The third-order valence-electron chi connectivity index (χ3n) is 1.11. The van der Waals surface area contributed by atoms with Gasteiger partial charge in [0.2, 0.25) is 0 Å². The van der Waals surface area contributed by atoms with E-state index in [1.54, 1.807) is 0 Å². The Kier molecular flexibility index (Phi) is 1.88. The van der Waals surface area contributed by atoms with Crippen molar-refractivity contribution in [3.63, 3.8) is 0 Å². The second-order valence-corrected chi connectivity index (χ2v) is 3.38. The molecule has 1 heterocycles. The van der Waals surface area contributed by atoms with Gasteiger partial charge in [-0.05, 0) is 6.42 Å². The molecule has 7 heavy (non-hydrogen) atoms. The van der Waals surface area contributed by atoms with Crippen molar-refractivity contribution in [2.45, 2.75) is 16.5 Å². The van der Waals surface area contributed by atoms with Crippen LogP contribution in [0.5, 0.6) is 0 Å². The average molecular weight is 212 g/mol. The average Bonchev–Trinajstić information content (AvgIpc) is 1.87. The number of nitrogens with two attached hydrogens (primary N) is 1. The van der Waals surface area contributed by atoms with Crippen LogP contribution in [-0.4, -0.2) is 16.6 Å². The Morgan fingerprint density at radius 2 is 2.43 bits per heavy atom. The number of hydrogen-bond donors (Lipinski definition) is 2. The molecule has 0 aromatic rings. The van der Waals surface area contributed by atoms with E-state index in [0.717, 1.165) is 13.0 Å². The maximum absolute atomic E-state index is 5.56. The maximum Gasteiger partial charge on any atom is 0.0609 e. The van der Waals surface area contributed by atoms with Crippen molar-refractivity contribution < 1.29 is 0 Å². The van der Waals surface area contributed by atoms with E-state index >= 15 is 0 Å². The van der Waals surface area contributed by atoms with Gasteiger partial charge in [0.25, 0.3) is 0 Å². The molecule has 0 radical (unpaired) electrons. The molecular weight excluding hydrogens is 203 g/mol. The summed E-state index contributed by atoms with van der Waals surface area (Å²) in [4.78, 5) is 0. The van der Waals surface area contributed by atoms with Gasteiger partial charge in [-0.1, -0.05) is 22.6 Å². The summed E-state index contributed by atoms with van der Waals surface area (Å²) in [7, 11) is 0. The third kappa shape index (κ3) is 1.54. The Balaban J connectivity index is 2.26. The van der Waals surface area contributed by atoms with Crippen molar-refractivity contribution in [1.82, 2.24) is 5.32 Å². The first-order valence-corrected chi connectivity index (χ1v) is 3.66. The van der Waals surface area contributed by atoms with Crippen LogP contribution in [0.2, 0.25) is 0 Å². The molecule has 1 saturated heterocycles. The summed E-state index contributed by atoms with van der Waals surface area (Å²) in [5.74, 6) is 0. The summed E-state index contributed by atoms with van der Waals surface area (Å²) in [6.45, 7) is 0.994. The first-order chi connectivity index (χ1) is 3.29. The number of alkyl halides is 1. The highest BCUT2D eigenvalue weighted by Gasteiger charge is 2.16. The highest BCUT2D eigenvalue weighted by atomic mass is 127. The molecule has 1 rings (SSSR count). The lowest BCUT2D eigenvalue weighted by Crippen LogP contribution is -2.22. The largest absolute Gasteiger partial charge is 0.326 e. The standard InChI is InChI=1S/C4H9IN2/c5-4-1-3(6)2-7-4/h3-4,7H,1-2,6H2/t3-,4?/m0/s1. The first kappa shape index (κ1) is 5.78. The number of halogens is 1. The summed E-state index contributed by atoms with van der Waals surface area (Å²) < 4.78 is 0.618. The molecular formula is C4H9IN2. The molecule has 0 aromatic heterocycles. The van der Waals surface area contributed by atoms with Crippen molar-refractivity contribution >= 4 is 22.6 Å². The van der Waals surface area contributed by atoms with Crippen LogP contribution in [0.1, 0.15) is 6.42 Å². The Bertz CT molecular complexity index is 58.7. The topological polar surface area (TPSA) is 38.0 Å². The van der Waals surface area contributed by atoms with Gasteiger partial charge < -0.3 is 11.1 Å². The van der Waals surface area contributed by atoms with Gasteiger partial charge in [0.15, 0.2) is 0 Å². The lowest BCUT2D eigenvalue weighted by Gasteiger charge is -1.94. The lowest BCUT2D eigenvalue weighted by molar-refractivity contribution is 0.742. The fraction of sp³-hybridized carbons (Fsp3) is 1.00. The van der Waals surface area contributed by atoms with Gasteiger partial charge in [0, 0.05) is 12.6 Å². The molecule has 1 fully saturated rings. The van der Waals surface area contributed by atoms with Crippen LogP contribution in [0.15, 0.2) is 0 Å². The van der Waals surface area contributed by atoms with Crippen LogP contribution in [0.25, 0.3) is 0 Å². The summed E-state index contributed by atoms with van der Waals surface area (Å²) in [6, 6.07) is 0.405. The van der Waals surface area contributed by atoms with Gasteiger partial charge in [-0.3, -0.25) is 0 Å². The molecule has 1 aliphatic rings. The Hall–Kier alpha value is 0.650. The van der Waals surface area contributed by atoms with Crippen LogP contribution in [0.4, 0.5) is 0 Å². The van der Waals surface area contributed by atoms with E-state index in [1.807, 2.05) is 0 Å². The van der Waals surface area contributed by atoms with E-state index in [2.05, 4.69) is 27.9 Å². The monoisotopic (exact) mass is 212 g/mol. The molecule has 0 spiro atoms. The maximum atomic E-state index is 5.56. The molecule has 1 aliphatic heterocycles. The van der Waals surface area contributed by atoms with Crippen molar-refractivity contribution in [3.8, 4) is 0 Å². The van der Waals surface area contributed by atoms with E-state index in [4.69, 9.17) is 5.73 Å². The van der Waals surface area contributed by atoms with Crippen molar-refractivity contribution in [2.75, 3.05) is 6.54 Å². The first-order valence-electron chi connectivity index (χ1n) is 2.42. The molecule has 0 bridgehead atoms. The molecule has 3 N–H and O–H groups in total. The Morgan fingerprint density at radius 1 is 1.71 bits per heavy atom. The van der Waals surface area contributed by atoms with E-state index < -0.39 is 0 Å². The molecule has 2 atom stereocenters. The Labute approximate surface area is 57.0 Å². The van der Waals surface area contributed by atoms with Crippen LogP contribution >= 0.6 is 22.6 Å². The summed E-state index contributed by atoms with van der Waals surface area (Å²) in [5.41, 5.74) is 5.56. The summed E-state index contributed by atoms with van der Waals surface area (Å²) in [6.07, 6.45) is 1.13. The minimum atomic E-state index is 0.405. The fourth-order valence-corrected chi connectivity index (χ4v) is 1.62. The van der Waals surface area contributed by atoms with Gasteiger partial charge >= 0.3 is 0 Å². The lowest BCUT2D eigenvalue weighted by atomic mass is 10.3. The predicted molar refractivity (Wildman–Crippen MR) is 38.4 cm³/mol. The fourth-order valence-electron chi connectivity index (χ4n) is 0.712. The Morgan fingerprint density at radius 3 is 2.57 bits per heavy atom. The number of hydrogen-bond acceptors (Lipinski definition) is 2. The highest BCUT2D eigenvalue weighted by Crippen LogP contribution is 2.09. The van der Waals surface area contributed by atoms with E-state index in [-0.39, 0.29) is 0 Å². The molecule has 3 heteroatoms. The quantitative estimate of drug-likeness (QED) is 0.338. The van der Waals surface area contributed by atoms with Crippen molar-refractivity contribution in [2.24, 2.45) is 5.73 Å². The molecule has 42 valence electrons. The molecule has 0 aromatic carbocycles. The second-order valence-electron chi connectivity index (χ2n) is 1.87. The van der Waals surface area contributed by atoms with Crippen molar-refractivity contribution in [3.05, 3.63) is 0 Å². The third-order valence-corrected chi connectivity index (χ3v) is 2.06. The van der Waals surface area contributed by atoms with E-state index in [9.17, 15) is 0 Å². The summed E-state index contributed by atoms with van der Waals surface area (Å²) >= 11 is 2.36. The molecule has 0 amide bonds. The highest BCUT2D eigenvalue weighted by molar-refractivity contribution is 14.1. The zero-order valence-corrected chi connectivity index (χ0v) is 6.18. The van der Waals surface area contributed by atoms with Crippen LogP contribution in [-0.2, 0) is 0 Å². The van der Waals surface area contributed by atoms with Gasteiger partial charge in [-0.25, -0.2) is 0 Å². The number of rotatable bonds is 0. The SMILES string of the molecule is N[C@@H]1CNC(I)C1. The van der Waals surface area contributed by atoms with Crippen molar-refractivity contribution in [1.29, 1.82) is 0 Å². The van der Waals surface area contributed by atoms with Gasteiger partial charge in [0.05, 0.1) is 4.05 Å². The van der Waals surface area contributed by atoms with Crippen LogP contribution in [0.3, 0.4) is 0 Å². The second kappa shape index (κ2) is 2.28. The molecule has 0 aliphatic carbocycles. The van der Waals surface area contributed by atoms with Gasteiger partial charge in [-0.2, -0.15) is 0 Å². The van der Waals surface area contributed by atoms with E-state index in [1.165, 1.54) is 0 Å². The molecule has 0 saturated carbocycles. The summed E-state index contributed by atoms with van der Waals surface area (Å²) in [5, 5.41) is 3.23. The zero-order chi connectivity index (χ0) is 5.28. The predicted octanol–water partition coefficient (Wildman–Crippen LogP) is 0.0681. The van der Waals surface area contributed by atoms with E-state index in [0.29, 0.717) is 10.1 Å². The smallest absolute Gasteiger partial charge is 0.0609 e. The normalized spacial score (nSPS) is 42.0. The molecule has 2 nitrogen and oxygen atoms in total. The van der Waals surface area contributed by atoms with Gasteiger partial charge in [0.1, 0.15) is 0 Å². The minimum absolute atomic E-state index is 0.405.